The maximum Gasteiger partial charge on any atom is 0.258 e. The van der Waals surface area contributed by atoms with Crippen LogP contribution in [0.5, 0.6) is 5.75 Å². The lowest BCUT2D eigenvalue weighted by molar-refractivity contribution is -0.124. The third kappa shape index (κ3) is 6.22. The summed E-state index contributed by atoms with van der Waals surface area (Å²) < 4.78 is 5.29. The number of carbonyl (C=O) groups is 1. The molecule has 0 aliphatic carbocycles. The second-order valence-corrected chi connectivity index (χ2v) is 6.28. The lowest BCUT2D eigenvalue weighted by Crippen LogP contribution is -2.43. The topological polar surface area (TPSA) is 58.6 Å². The molecule has 0 aliphatic heterocycles. The van der Waals surface area contributed by atoms with Crippen LogP contribution in [0, 0.1) is 0 Å². The van der Waals surface area contributed by atoms with Crippen LogP contribution in [0.25, 0.3) is 0 Å². The van der Waals surface area contributed by atoms with Gasteiger partial charge in [-0.1, -0.05) is 23.2 Å². The summed E-state index contributed by atoms with van der Waals surface area (Å²) >= 11 is 13.2. The Morgan fingerprint density at radius 3 is 2.80 bits per heavy atom. The van der Waals surface area contributed by atoms with Crippen molar-refractivity contribution in [2.24, 2.45) is 0 Å². The Labute approximate surface area is 132 Å². The van der Waals surface area contributed by atoms with E-state index in [4.69, 9.17) is 27.9 Å². The Morgan fingerprint density at radius 1 is 1.50 bits per heavy atom. The lowest BCUT2D eigenvalue weighted by Gasteiger charge is -2.22. The minimum atomic E-state index is -0.938. The monoisotopic (exact) mass is 337 g/mol. The fourth-order valence-electron chi connectivity index (χ4n) is 1.44. The maximum absolute atomic E-state index is 11.6. The van der Waals surface area contributed by atoms with Crippen molar-refractivity contribution in [3.05, 3.63) is 28.2 Å². The fourth-order valence-corrected chi connectivity index (χ4v) is 2.62. The van der Waals surface area contributed by atoms with E-state index in [2.05, 4.69) is 5.32 Å². The van der Waals surface area contributed by atoms with Gasteiger partial charge < -0.3 is 15.2 Å². The van der Waals surface area contributed by atoms with Gasteiger partial charge in [0.25, 0.3) is 5.91 Å². The van der Waals surface area contributed by atoms with Gasteiger partial charge in [-0.15, -0.1) is 0 Å². The number of thioether (sulfide) groups is 1. The van der Waals surface area contributed by atoms with E-state index in [0.717, 1.165) is 0 Å². The van der Waals surface area contributed by atoms with Gasteiger partial charge in [-0.3, -0.25) is 4.79 Å². The van der Waals surface area contributed by atoms with Gasteiger partial charge in [0, 0.05) is 17.3 Å². The van der Waals surface area contributed by atoms with E-state index in [1.54, 1.807) is 25.1 Å². The molecule has 4 nitrogen and oxygen atoms in total. The smallest absolute Gasteiger partial charge is 0.258 e. The highest BCUT2D eigenvalue weighted by atomic mass is 35.5. The van der Waals surface area contributed by atoms with Crippen LogP contribution in [-0.4, -0.2) is 41.8 Å². The van der Waals surface area contributed by atoms with Crippen molar-refractivity contribution in [1.82, 2.24) is 5.32 Å². The molecule has 0 fully saturated rings. The molecule has 1 aromatic carbocycles. The molecular weight excluding hydrogens is 321 g/mol. The highest BCUT2D eigenvalue weighted by molar-refractivity contribution is 7.98. The third-order valence-corrected chi connectivity index (χ3v) is 3.82. The minimum absolute atomic E-state index is 0.170. The first kappa shape index (κ1) is 17.4. The van der Waals surface area contributed by atoms with E-state index in [-0.39, 0.29) is 19.1 Å². The van der Waals surface area contributed by atoms with Crippen LogP contribution >= 0.6 is 35.0 Å². The summed E-state index contributed by atoms with van der Waals surface area (Å²) in [5.74, 6) is 0.608. The summed E-state index contributed by atoms with van der Waals surface area (Å²) in [6, 6.07) is 4.77. The highest BCUT2D eigenvalue weighted by Gasteiger charge is 2.20. The van der Waals surface area contributed by atoms with Gasteiger partial charge in [0.05, 0.1) is 10.6 Å². The van der Waals surface area contributed by atoms with E-state index < -0.39 is 5.60 Å². The second kappa shape index (κ2) is 7.98. The average molecular weight is 338 g/mol. The van der Waals surface area contributed by atoms with E-state index >= 15 is 0 Å². The summed E-state index contributed by atoms with van der Waals surface area (Å²) in [7, 11) is 0. The first-order valence-electron chi connectivity index (χ1n) is 5.90. The quantitative estimate of drug-likeness (QED) is 0.802. The minimum Gasteiger partial charge on any atom is -0.482 e. The Hall–Kier alpha value is -0.620. The van der Waals surface area contributed by atoms with Gasteiger partial charge in [0.1, 0.15) is 5.75 Å². The predicted octanol–water partition coefficient (Wildman–Crippen LogP) is 2.60. The number of benzene rings is 1. The predicted molar refractivity (Wildman–Crippen MR) is 84.0 cm³/mol. The van der Waals surface area contributed by atoms with Crippen LogP contribution in [-0.2, 0) is 4.79 Å². The molecule has 0 aromatic heterocycles. The first-order chi connectivity index (χ1) is 9.34. The zero-order valence-corrected chi connectivity index (χ0v) is 13.6. The molecular formula is C13H17Cl2NO3S. The van der Waals surface area contributed by atoms with Crippen molar-refractivity contribution in [2.45, 2.75) is 12.5 Å². The number of amides is 1. The zero-order valence-electron chi connectivity index (χ0n) is 11.3. The van der Waals surface area contributed by atoms with E-state index in [1.165, 1.54) is 11.8 Å². The van der Waals surface area contributed by atoms with Gasteiger partial charge in [-0.2, -0.15) is 11.8 Å². The number of carbonyl (C=O) groups excluding carboxylic acids is 1. The van der Waals surface area contributed by atoms with Crippen molar-refractivity contribution < 1.29 is 14.6 Å². The van der Waals surface area contributed by atoms with Gasteiger partial charge in [-0.25, -0.2) is 0 Å². The summed E-state index contributed by atoms with van der Waals surface area (Å²) in [4.78, 5) is 11.6. The van der Waals surface area contributed by atoms with Gasteiger partial charge in [0.2, 0.25) is 0 Å². The number of nitrogens with one attached hydrogen (secondary N) is 1. The number of ether oxygens (including phenoxy) is 1. The number of hydrogen-bond acceptors (Lipinski definition) is 4. The molecule has 0 saturated carbocycles. The largest absolute Gasteiger partial charge is 0.482 e. The number of rotatable bonds is 7. The summed E-state index contributed by atoms with van der Waals surface area (Å²) in [5, 5.41) is 13.4. The molecule has 0 radical (unpaired) electrons. The van der Waals surface area contributed by atoms with Crippen molar-refractivity contribution in [3.8, 4) is 5.75 Å². The van der Waals surface area contributed by atoms with E-state index in [1.807, 2.05) is 6.26 Å². The molecule has 2 N–H and O–H groups in total. The van der Waals surface area contributed by atoms with Crippen LogP contribution in [0.4, 0.5) is 0 Å². The maximum atomic E-state index is 11.6. The number of halogens is 2. The van der Waals surface area contributed by atoms with Gasteiger partial charge >= 0.3 is 0 Å². The molecule has 20 heavy (non-hydrogen) atoms. The van der Waals surface area contributed by atoms with Crippen LogP contribution in [0.1, 0.15) is 6.92 Å². The molecule has 1 aromatic rings. The molecule has 112 valence electrons. The SMILES string of the molecule is CSCC(C)(O)CNC(=O)COc1ccc(Cl)cc1Cl. The standard InChI is InChI=1S/C13H17Cl2NO3S/c1-13(18,8-20-2)7-16-12(17)6-19-11-4-3-9(14)5-10(11)15/h3-5,18H,6-8H2,1-2H3,(H,16,17). The van der Waals surface area contributed by atoms with Crippen molar-refractivity contribution in [1.29, 1.82) is 0 Å². The normalized spacial score (nSPS) is 13.7. The average Bonchev–Trinajstić information content (AvgIpc) is 2.35. The molecule has 7 heteroatoms. The van der Waals surface area contributed by atoms with Crippen LogP contribution in [0.3, 0.4) is 0 Å². The molecule has 1 rings (SSSR count). The fraction of sp³-hybridized carbons (Fsp3) is 0.462. The molecule has 0 saturated heterocycles. The van der Waals surface area contributed by atoms with Crippen molar-refractivity contribution in [2.75, 3.05) is 25.2 Å². The molecule has 0 heterocycles. The third-order valence-electron chi connectivity index (χ3n) is 2.37. The van der Waals surface area contributed by atoms with Crippen molar-refractivity contribution >= 4 is 40.9 Å². The van der Waals surface area contributed by atoms with E-state index in [9.17, 15) is 9.90 Å². The van der Waals surface area contributed by atoms with Crippen LogP contribution in [0.15, 0.2) is 18.2 Å². The molecule has 0 spiro atoms. The molecule has 1 amide bonds. The van der Waals surface area contributed by atoms with Gasteiger partial charge in [0.15, 0.2) is 6.61 Å². The first-order valence-corrected chi connectivity index (χ1v) is 8.05. The summed E-state index contributed by atoms with van der Waals surface area (Å²) in [6.45, 7) is 1.67. The van der Waals surface area contributed by atoms with Crippen LogP contribution < -0.4 is 10.1 Å². The second-order valence-electron chi connectivity index (χ2n) is 4.57. The van der Waals surface area contributed by atoms with Gasteiger partial charge in [-0.05, 0) is 31.4 Å². The van der Waals surface area contributed by atoms with Crippen molar-refractivity contribution in [3.63, 3.8) is 0 Å². The summed E-state index contributed by atoms with van der Waals surface area (Å²) in [6.07, 6.45) is 1.89. The molecule has 1 atom stereocenters. The lowest BCUT2D eigenvalue weighted by atomic mass is 10.1. The number of aliphatic hydroxyl groups is 1. The number of hydrogen-bond donors (Lipinski definition) is 2. The summed E-state index contributed by atoms with van der Waals surface area (Å²) in [5.41, 5.74) is -0.938. The Morgan fingerprint density at radius 2 is 2.20 bits per heavy atom. The molecule has 1 unspecified atom stereocenters. The van der Waals surface area contributed by atoms with Crippen LogP contribution in [0.2, 0.25) is 10.0 Å². The highest BCUT2D eigenvalue weighted by Crippen LogP contribution is 2.27. The Kier molecular flexibility index (Phi) is 6.95. The molecule has 0 bridgehead atoms. The Bertz CT molecular complexity index is 469. The molecule has 0 aliphatic rings. The zero-order chi connectivity index (χ0) is 15.2. The van der Waals surface area contributed by atoms with E-state index in [0.29, 0.717) is 21.5 Å². The Balaban J connectivity index is 2.40.